The van der Waals surface area contributed by atoms with Crippen molar-refractivity contribution in [2.24, 2.45) is 0 Å². The summed E-state index contributed by atoms with van der Waals surface area (Å²) in [5.41, 5.74) is 17.4. The molecular formula is C35H43Cl2SiZr. The van der Waals surface area contributed by atoms with E-state index in [0.29, 0.717) is 7.25 Å². The van der Waals surface area contributed by atoms with E-state index < -0.39 is 18.9 Å². The second kappa shape index (κ2) is 13.2. The summed E-state index contributed by atoms with van der Waals surface area (Å²) < 4.78 is 2.52. The molecule has 3 aromatic carbocycles. The molecule has 39 heavy (non-hydrogen) atoms. The molecule has 2 aliphatic carbocycles. The van der Waals surface area contributed by atoms with Gasteiger partial charge in [0.25, 0.3) is 0 Å². The van der Waals surface area contributed by atoms with Crippen molar-refractivity contribution in [1.29, 1.82) is 0 Å². The molecule has 0 nitrogen and oxygen atoms in total. The van der Waals surface area contributed by atoms with Gasteiger partial charge in [-0.2, -0.15) is 0 Å². The molecule has 0 saturated carbocycles. The number of aryl methyl sites for hydroxylation is 4. The van der Waals surface area contributed by atoms with E-state index in [4.69, 9.17) is 0 Å². The van der Waals surface area contributed by atoms with Crippen LogP contribution in [0.5, 0.6) is 0 Å². The van der Waals surface area contributed by atoms with Crippen LogP contribution in [0.1, 0.15) is 97.9 Å². The zero-order chi connectivity index (χ0) is 26.3. The van der Waals surface area contributed by atoms with Gasteiger partial charge in [0.15, 0.2) is 0 Å². The van der Waals surface area contributed by atoms with Crippen molar-refractivity contribution in [1.82, 2.24) is 0 Å². The van der Waals surface area contributed by atoms with Crippen molar-refractivity contribution in [2.75, 3.05) is 0 Å². The molecule has 0 aliphatic heterocycles. The monoisotopic (exact) mass is 651 g/mol. The van der Waals surface area contributed by atoms with Crippen LogP contribution in [-0.4, -0.2) is 6.88 Å². The van der Waals surface area contributed by atoms with E-state index in [9.17, 15) is 0 Å². The fourth-order valence-corrected chi connectivity index (χ4v) is 29.3. The van der Waals surface area contributed by atoms with Gasteiger partial charge in [0, 0.05) is 0 Å². The minimum absolute atomic E-state index is 0. The van der Waals surface area contributed by atoms with Crippen LogP contribution >= 0.6 is 0 Å². The van der Waals surface area contributed by atoms with Gasteiger partial charge in [-0.05, 0) is 0 Å². The maximum Gasteiger partial charge on any atom is -1.00 e. The Balaban J connectivity index is 0.00000210. The predicted octanol–water partition coefficient (Wildman–Crippen LogP) is 2.73. The second-order valence-corrected chi connectivity index (χ2v) is 29.3. The minimum Gasteiger partial charge on any atom is -1.00 e. The van der Waals surface area contributed by atoms with E-state index in [1.165, 1.54) is 40.9 Å². The molecule has 0 fully saturated rings. The molecule has 0 heterocycles. The summed E-state index contributed by atoms with van der Waals surface area (Å²) in [6, 6.07) is 21.1. The fraction of sp³-hybridized carbons (Fsp3) is 0.371. The van der Waals surface area contributed by atoms with Crippen LogP contribution in [0, 0.1) is 13.8 Å². The summed E-state index contributed by atoms with van der Waals surface area (Å²) in [4.78, 5) is 0. The fourth-order valence-electron chi connectivity index (χ4n) is 7.57. The van der Waals surface area contributed by atoms with E-state index in [1.54, 1.807) is 50.1 Å². The third-order valence-corrected chi connectivity index (χ3v) is 27.2. The molecule has 3 aromatic rings. The largest absolute Gasteiger partial charge is 1.00 e. The molecule has 4 heteroatoms. The Morgan fingerprint density at radius 1 is 0.641 bits per heavy atom. The molecule has 5 rings (SSSR count). The SMILES string of the molecule is CCCc1ccc(C)c2c1C=C(C)[CH]2[Zr+2](=[SiH2])([CH2]c1ccccc1)[CH]1C(C)=Cc2c(CCC)ccc(C)c21.[Cl-].[Cl-]. The van der Waals surface area contributed by atoms with Crippen molar-refractivity contribution >= 4 is 19.0 Å². The molecule has 0 radical (unpaired) electrons. The predicted molar refractivity (Wildman–Crippen MR) is 162 cm³/mol. The van der Waals surface area contributed by atoms with Gasteiger partial charge in [-0.15, -0.1) is 0 Å². The van der Waals surface area contributed by atoms with Crippen LogP contribution < -0.4 is 24.8 Å². The summed E-state index contributed by atoms with van der Waals surface area (Å²) in [6.07, 6.45) is 9.96. The quantitative estimate of drug-likeness (QED) is 0.329. The van der Waals surface area contributed by atoms with E-state index in [1.807, 2.05) is 0 Å². The Morgan fingerprint density at radius 3 is 1.49 bits per heavy atom. The van der Waals surface area contributed by atoms with Crippen LogP contribution in [0.4, 0.5) is 0 Å². The van der Waals surface area contributed by atoms with Crippen LogP contribution in [0.15, 0.2) is 65.7 Å². The normalized spacial score (nSPS) is 17.9. The number of fused-ring (bicyclic) bond motifs is 2. The topological polar surface area (TPSA) is 0 Å². The Bertz CT molecular complexity index is 1360. The van der Waals surface area contributed by atoms with E-state index >= 15 is 0 Å². The van der Waals surface area contributed by atoms with Gasteiger partial charge in [0.2, 0.25) is 0 Å². The second-order valence-electron chi connectivity index (χ2n) is 11.8. The molecule has 0 amide bonds. The molecule has 205 valence electrons. The molecule has 0 aromatic heterocycles. The number of halogens is 2. The molecule has 0 bridgehead atoms. The average molecular weight is 654 g/mol. The number of hydrogen-bond donors (Lipinski definition) is 0. The van der Waals surface area contributed by atoms with Gasteiger partial charge in [0.05, 0.1) is 0 Å². The van der Waals surface area contributed by atoms with E-state index in [2.05, 4.69) is 115 Å². The van der Waals surface area contributed by atoms with Crippen molar-refractivity contribution < 1.29 is 43.7 Å². The summed E-state index contributed by atoms with van der Waals surface area (Å²) in [5, 5.41) is 0. The van der Waals surface area contributed by atoms with Gasteiger partial charge >= 0.3 is 232 Å². The van der Waals surface area contributed by atoms with Crippen molar-refractivity contribution in [3.8, 4) is 0 Å². The first-order chi connectivity index (χ1) is 17.8. The summed E-state index contributed by atoms with van der Waals surface area (Å²) in [7, 11) is 0. The molecular weight excluding hydrogens is 611 g/mol. The summed E-state index contributed by atoms with van der Waals surface area (Å²) in [6.45, 7) is 16.8. The first-order valence-corrected chi connectivity index (χ1v) is 24.8. The molecule has 2 unspecified atom stereocenters. The number of rotatable bonds is 8. The Hall–Kier alpha value is -1.18. The smallest absolute Gasteiger partial charge is 1.00 e. The van der Waals surface area contributed by atoms with Crippen molar-refractivity contribution in [3.05, 3.63) is 116 Å². The van der Waals surface area contributed by atoms with Crippen LogP contribution in [0.2, 0.25) is 0 Å². The summed E-state index contributed by atoms with van der Waals surface area (Å²) in [5.74, 6) is 0. The van der Waals surface area contributed by atoms with Crippen LogP contribution in [0.3, 0.4) is 0 Å². The van der Waals surface area contributed by atoms with E-state index in [-0.39, 0.29) is 24.8 Å². The van der Waals surface area contributed by atoms with E-state index in [0.717, 1.165) is 0 Å². The number of hydrogen-bond acceptors (Lipinski definition) is 0. The standard InChI is InChI=1S/2C14H17.C7H7.2ClH.H2Si.Zr/c2*1-4-5-12-7-6-11(3)13-8-10(2)9-14(12)13;1-7-5-3-2-4-6-7;;;;/h2*6-9H,4-5H2,1-3H3;2-6H,1H2;2*1H;1H2;/q;;;;;;+2/p-2. The number of allylic oxidation sites excluding steroid dienone is 2. The van der Waals surface area contributed by atoms with Crippen molar-refractivity contribution in [2.45, 2.75) is 78.6 Å². The Kier molecular flexibility index (Phi) is 10.9. The van der Waals surface area contributed by atoms with Crippen LogP contribution in [0.25, 0.3) is 12.2 Å². The Labute approximate surface area is 255 Å². The third kappa shape index (κ3) is 5.79. The summed E-state index contributed by atoms with van der Waals surface area (Å²) >= 11 is -3.07. The van der Waals surface area contributed by atoms with Gasteiger partial charge in [-0.3, -0.25) is 0 Å². The van der Waals surface area contributed by atoms with Crippen LogP contribution in [-0.2, 0) is 35.9 Å². The first-order valence-electron chi connectivity index (χ1n) is 14.3. The minimum atomic E-state index is -3.07. The third-order valence-electron chi connectivity index (χ3n) is 8.99. The van der Waals surface area contributed by atoms with Gasteiger partial charge in [-0.25, -0.2) is 0 Å². The molecule has 0 spiro atoms. The molecule has 0 N–H and O–H groups in total. The van der Waals surface area contributed by atoms with Crippen molar-refractivity contribution in [3.63, 3.8) is 0 Å². The maximum absolute atomic E-state index is 3.07. The molecule has 0 saturated heterocycles. The maximum atomic E-state index is 2.60. The average Bonchev–Trinajstić information content (AvgIpc) is 3.42. The van der Waals surface area contributed by atoms with Gasteiger partial charge < -0.3 is 24.8 Å². The molecule has 2 atom stereocenters. The number of benzene rings is 3. The first kappa shape index (κ1) is 32.3. The van der Waals surface area contributed by atoms with Gasteiger partial charge in [0.1, 0.15) is 0 Å². The van der Waals surface area contributed by atoms with Gasteiger partial charge in [-0.1, -0.05) is 0 Å². The zero-order valence-electron chi connectivity index (χ0n) is 24.5. The molecule has 2 aliphatic rings. The zero-order valence-corrected chi connectivity index (χ0v) is 29.9. The Morgan fingerprint density at radius 2 is 1.08 bits per heavy atom.